The predicted octanol–water partition coefficient (Wildman–Crippen LogP) is 2.75. The number of aliphatic hydroxyl groups is 1. The molecule has 0 aliphatic rings. The number of rotatable bonds is 11. The van der Waals surface area contributed by atoms with Crippen LogP contribution in [0.4, 0.5) is 10.1 Å². The summed E-state index contributed by atoms with van der Waals surface area (Å²) in [7, 11) is 1.81. The highest BCUT2D eigenvalue weighted by molar-refractivity contribution is 5.64. The molecule has 1 aromatic rings. The van der Waals surface area contributed by atoms with Crippen LogP contribution in [0, 0.1) is 5.82 Å². The van der Waals surface area contributed by atoms with Gasteiger partial charge in [-0.1, -0.05) is 13.2 Å². The normalized spacial score (nSPS) is 11.5. The van der Waals surface area contributed by atoms with E-state index in [-0.39, 0.29) is 24.8 Å². The fraction of sp³-hybridized carbons (Fsp3) is 0.389. The van der Waals surface area contributed by atoms with Gasteiger partial charge in [-0.3, -0.25) is 4.79 Å². The van der Waals surface area contributed by atoms with Crippen molar-refractivity contribution in [3.05, 3.63) is 48.6 Å². The number of benzene rings is 1. The van der Waals surface area contributed by atoms with Crippen molar-refractivity contribution < 1.29 is 19.0 Å². The van der Waals surface area contributed by atoms with Crippen LogP contribution in [0.3, 0.4) is 0 Å². The molecule has 24 heavy (non-hydrogen) atoms. The van der Waals surface area contributed by atoms with E-state index >= 15 is 0 Å². The van der Waals surface area contributed by atoms with Crippen LogP contribution < -0.4 is 15.0 Å². The predicted molar refractivity (Wildman–Crippen MR) is 93.5 cm³/mol. The van der Waals surface area contributed by atoms with Crippen LogP contribution in [0.5, 0.6) is 5.75 Å². The largest absolute Gasteiger partial charge is 0.427 e. The molecule has 2 N–H and O–H groups in total. The second kappa shape index (κ2) is 9.72. The quantitative estimate of drug-likeness (QED) is 0.609. The summed E-state index contributed by atoms with van der Waals surface area (Å²) >= 11 is 0. The van der Waals surface area contributed by atoms with Gasteiger partial charge in [0.05, 0.1) is 5.69 Å². The Morgan fingerprint density at radius 2 is 2.25 bits per heavy atom. The smallest absolute Gasteiger partial charge is 0.298 e. The molecule has 1 aromatic carbocycles. The third kappa shape index (κ3) is 5.38. The number of carbonyl (C=O) groups excluding carboxylic acids is 1. The van der Waals surface area contributed by atoms with E-state index in [4.69, 9.17) is 9.84 Å². The number of nitrogens with one attached hydrogen (secondary N) is 1. The molecule has 132 valence electrons. The highest BCUT2D eigenvalue weighted by Crippen LogP contribution is 2.32. The Kier molecular flexibility index (Phi) is 7.98. The zero-order chi connectivity index (χ0) is 18.1. The molecule has 0 fully saturated rings. The number of ether oxygens (including phenoxy) is 1. The number of hydrogen-bond donors (Lipinski definition) is 2. The minimum Gasteiger partial charge on any atom is -0.427 e. The first-order valence-corrected chi connectivity index (χ1v) is 7.76. The van der Waals surface area contributed by atoms with Crippen LogP contribution in [0.2, 0.25) is 0 Å². The van der Waals surface area contributed by atoms with E-state index in [1.54, 1.807) is 6.20 Å². The topological polar surface area (TPSA) is 61.8 Å². The lowest BCUT2D eigenvalue weighted by Gasteiger charge is -2.29. The molecule has 1 unspecified atom stereocenters. The van der Waals surface area contributed by atoms with Crippen LogP contribution in [0.1, 0.15) is 25.3 Å². The summed E-state index contributed by atoms with van der Waals surface area (Å²) in [5.74, 6) is -0.165. The van der Waals surface area contributed by atoms with Crippen LogP contribution >= 0.6 is 0 Å². The standard InChI is InChI=1S/C18H25FN2O3/c1-5-20-13(2)6-7-14(3)21(4)17-11-16(19)15(8-9-22)10-18(17)24-12-23/h5,10-12,14,20,22H,1-2,6-9H2,3-4H3. The first-order chi connectivity index (χ1) is 11.4. The van der Waals surface area contributed by atoms with Gasteiger partial charge < -0.3 is 20.1 Å². The van der Waals surface area contributed by atoms with Crippen molar-refractivity contribution in [1.82, 2.24) is 5.32 Å². The molecular formula is C18H25FN2O3. The van der Waals surface area contributed by atoms with Gasteiger partial charge in [-0.2, -0.15) is 0 Å². The Morgan fingerprint density at radius 3 is 2.83 bits per heavy atom. The van der Waals surface area contributed by atoms with E-state index in [0.717, 1.165) is 18.5 Å². The molecule has 0 heterocycles. The van der Waals surface area contributed by atoms with Gasteiger partial charge in [0.15, 0.2) is 5.75 Å². The maximum Gasteiger partial charge on any atom is 0.298 e. The number of hydrogen-bond acceptors (Lipinski definition) is 5. The number of carbonyl (C=O) groups is 1. The first kappa shape index (κ1) is 19.7. The Balaban J connectivity index is 2.96. The van der Waals surface area contributed by atoms with Crippen LogP contribution in [0.25, 0.3) is 0 Å². The highest BCUT2D eigenvalue weighted by atomic mass is 19.1. The van der Waals surface area contributed by atoms with Crippen molar-refractivity contribution in [2.75, 3.05) is 18.6 Å². The summed E-state index contributed by atoms with van der Waals surface area (Å²) in [4.78, 5) is 12.6. The van der Waals surface area contributed by atoms with Gasteiger partial charge >= 0.3 is 0 Å². The van der Waals surface area contributed by atoms with E-state index in [1.165, 1.54) is 12.1 Å². The molecule has 0 spiro atoms. The number of nitrogens with zero attached hydrogens (tertiary/aromatic N) is 1. The molecule has 0 bridgehead atoms. The monoisotopic (exact) mass is 336 g/mol. The first-order valence-electron chi connectivity index (χ1n) is 7.76. The van der Waals surface area contributed by atoms with Crippen molar-refractivity contribution in [3.63, 3.8) is 0 Å². The molecular weight excluding hydrogens is 311 g/mol. The fourth-order valence-electron chi connectivity index (χ4n) is 2.35. The van der Waals surface area contributed by atoms with Gasteiger partial charge in [0.25, 0.3) is 6.47 Å². The highest BCUT2D eigenvalue weighted by Gasteiger charge is 2.18. The summed E-state index contributed by atoms with van der Waals surface area (Å²) in [6.07, 6.45) is 3.23. The summed E-state index contributed by atoms with van der Waals surface area (Å²) in [5, 5.41) is 11.9. The zero-order valence-corrected chi connectivity index (χ0v) is 14.2. The van der Waals surface area contributed by atoms with Gasteiger partial charge in [0, 0.05) is 31.5 Å². The molecule has 1 rings (SSSR count). The average molecular weight is 336 g/mol. The Morgan fingerprint density at radius 1 is 1.54 bits per heavy atom. The molecule has 0 aliphatic carbocycles. The lowest BCUT2D eigenvalue weighted by Crippen LogP contribution is -2.29. The minimum atomic E-state index is -0.436. The molecule has 0 saturated carbocycles. The lowest BCUT2D eigenvalue weighted by molar-refractivity contribution is -0.120. The van der Waals surface area contributed by atoms with E-state index in [0.29, 0.717) is 17.7 Å². The van der Waals surface area contributed by atoms with Crippen molar-refractivity contribution in [3.8, 4) is 5.75 Å². The molecule has 0 radical (unpaired) electrons. The van der Waals surface area contributed by atoms with Gasteiger partial charge in [0.1, 0.15) is 5.82 Å². The van der Waals surface area contributed by atoms with Gasteiger partial charge in [-0.15, -0.1) is 0 Å². The zero-order valence-electron chi connectivity index (χ0n) is 14.2. The minimum absolute atomic E-state index is 0.0606. The maximum absolute atomic E-state index is 14.2. The average Bonchev–Trinajstić information content (AvgIpc) is 2.55. The summed E-state index contributed by atoms with van der Waals surface area (Å²) in [5.41, 5.74) is 1.64. The molecule has 0 amide bonds. The Hall–Kier alpha value is -2.34. The van der Waals surface area contributed by atoms with Crippen molar-refractivity contribution >= 4 is 12.2 Å². The molecule has 6 heteroatoms. The summed E-state index contributed by atoms with van der Waals surface area (Å²) < 4.78 is 19.2. The van der Waals surface area contributed by atoms with Crippen molar-refractivity contribution in [2.24, 2.45) is 0 Å². The van der Waals surface area contributed by atoms with Gasteiger partial charge in [0.2, 0.25) is 0 Å². The van der Waals surface area contributed by atoms with E-state index in [1.807, 2.05) is 18.9 Å². The van der Waals surface area contributed by atoms with E-state index in [2.05, 4.69) is 18.5 Å². The molecule has 0 saturated heterocycles. The maximum atomic E-state index is 14.2. The third-order valence-corrected chi connectivity index (χ3v) is 3.90. The van der Waals surface area contributed by atoms with E-state index in [9.17, 15) is 9.18 Å². The number of halogens is 1. The van der Waals surface area contributed by atoms with Crippen LogP contribution in [0.15, 0.2) is 37.2 Å². The number of anilines is 1. The second-order valence-corrected chi connectivity index (χ2v) is 5.55. The molecule has 1 atom stereocenters. The van der Waals surface area contributed by atoms with Crippen LogP contribution in [-0.2, 0) is 11.2 Å². The van der Waals surface area contributed by atoms with Crippen molar-refractivity contribution in [2.45, 2.75) is 32.2 Å². The lowest BCUT2D eigenvalue weighted by atomic mass is 10.1. The SMILES string of the molecule is C=CNC(=C)CCC(C)N(C)c1cc(F)c(CCO)cc1OC=O. The van der Waals surface area contributed by atoms with E-state index < -0.39 is 5.82 Å². The molecule has 0 aliphatic heterocycles. The van der Waals surface area contributed by atoms with Gasteiger partial charge in [-0.25, -0.2) is 4.39 Å². The Bertz CT molecular complexity index is 590. The Labute approximate surface area is 142 Å². The van der Waals surface area contributed by atoms with Gasteiger partial charge in [-0.05, 0) is 44.0 Å². The number of aliphatic hydroxyl groups excluding tert-OH is 1. The summed E-state index contributed by atoms with van der Waals surface area (Å²) in [6, 6.07) is 2.85. The fourth-order valence-corrected chi connectivity index (χ4v) is 2.35. The van der Waals surface area contributed by atoms with Crippen molar-refractivity contribution in [1.29, 1.82) is 0 Å². The number of allylic oxidation sites excluding steroid dienone is 1. The third-order valence-electron chi connectivity index (χ3n) is 3.90. The summed E-state index contributed by atoms with van der Waals surface area (Å²) in [6.45, 7) is 9.60. The molecule has 0 aromatic heterocycles. The molecule has 5 nitrogen and oxygen atoms in total. The van der Waals surface area contributed by atoms with Crippen LogP contribution in [-0.4, -0.2) is 31.3 Å². The second-order valence-electron chi connectivity index (χ2n) is 5.55.